The van der Waals surface area contributed by atoms with Gasteiger partial charge in [-0.2, -0.15) is 0 Å². The van der Waals surface area contributed by atoms with Crippen LogP contribution < -0.4 is 4.90 Å². The number of rotatable bonds is 6. The lowest BCUT2D eigenvalue weighted by Crippen LogP contribution is -2.23. The molecule has 24 heavy (non-hydrogen) atoms. The molecule has 0 amide bonds. The lowest BCUT2D eigenvalue weighted by molar-refractivity contribution is 0.795. The monoisotopic (exact) mass is 399 g/mol. The van der Waals surface area contributed by atoms with Gasteiger partial charge >= 0.3 is 0 Å². The molecule has 0 aliphatic heterocycles. The fraction of sp³-hybridized carbons (Fsp3) is 0.143. The van der Waals surface area contributed by atoms with Gasteiger partial charge in [-0.1, -0.05) is 82.7 Å². The van der Waals surface area contributed by atoms with E-state index in [4.69, 9.17) is 11.6 Å². The molecule has 0 saturated heterocycles. The Morgan fingerprint density at radius 3 is 1.79 bits per heavy atom. The van der Waals surface area contributed by atoms with E-state index in [-0.39, 0.29) is 0 Å². The third-order valence-electron chi connectivity index (χ3n) is 3.96. The van der Waals surface area contributed by atoms with Crippen molar-refractivity contribution in [3.63, 3.8) is 0 Å². The highest BCUT2D eigenvalue weighted by atomic mass is 79.9. The highest BCUT2D eigenvalue weighted by Gasteiger charge is 2.13. The highest BCUT2D eigenvalue weighted by molar-refractivity contribution is 9.10. The summed E-state index contributed by atoms with van der Waals surface area (Å²) in [5.74, 6) is 0.503. The zero-order valence-electron chi connectivity index (χ0n) is 13.3. The van der Waals surface area contributed by atoms with E-state index in [1.165, 1.54) is 16.8 Å². The summed E-state index contributed by atoms with van der Waals surface area (Å²) in [5.41, 5.74) is 4.89. The molecule has 0 saturated carbocycles. The van der Waals surface area contributed by atoms with Crippen LogP contribution in [0.3, 0.4) is 0 Å². The SMILES string of the molecule is ClCc1ccc(Br)cc1N(Cc1ccccc1)Cc1ccccc1. The molecule has 122 valence electrons. The summed E-state index contributed by atoms with van der Waals surface area (Å²) in [6, 6.07) is 27.4. The molecule has 0 bridgehead atoms. The van der Waals surface area contributed by atoms with Crippen LogP contribution in [0.5, 0.6) is 0 Å². The van der Waals surface area contributed by atoms with E-state index in [0.29, 0.717) is 5.88 Å². The lowest BCUT2D eigenvalue weighted by Gasteiger charge is -2.27. The van der Waals surface area contributed by atoms with Crippen molar-refractivity contribution in [2.24, 2.45) is 0 Å². The van der Waals surface area contributed by atoms with Crippen LogP contribution in [0.2, 0.25) is 0 Å². The van der Waals surface area contributed by atoms with Gasteiger partial charge in [0.05, 0.1) is 0 Å². The summed E-state index contributed by atoms with van der Waals surface area (Å²) >= 11 is 9.79. The molecule has 0 aromatic heterocycles. The molecule has 3 aromatic carbocycles. The first-order valence-electron chi connectivity index (χ1n) is 7.93. The van der Waals surface area contributed by atoms with Crippen molar-refractivity contribution in [2.45, 2.75) is 19.0 Å². The van der Waals surface area contributed by atoms with Crippen LogP contribution >= 0.6 is 27.5 Å². The van der Waals surface area contributed by atoms with Crippen LogP contribution in [0, 0.1) is 0 Å². The van der Waals surface area contributed by atoms with Crippen LogP contribution in [0.15, 0.2) is 83.3 Å². The van der Waals surface area contributed by atoms with Crippen molar-refractivity contribution in [3.8, 4) is 0 Å². The van der Waals surface area contributed by atoms with E-state index in [9.17, 15) is 0 Å². The molecule has 0 radical (unpaired) electrons. The number of hydrogen-bond acceptors (Lipinski definition) is 1. The first-order valence-corrected chi connectivity index (χ1v) is 9.26. The maximum Gasteiger partial charge on any atom is 0.0494 e. The smallest absolute Gasteiger partial charge is 0.0494 e. The molecule has 0 N–H and O–H groups in total. The molecule has 0 fully saturated rings. The zero-order valence-corrected chi connectivity index (χ0v) is 15.7. The number of alkyl halides is 1. The van der Waals surface area contributed by atoms with Crippen molar-refractivity contribution < 1.29 is 0 Å². The Balaban J connectivity index is 1.96. The van der Waals surface area contributed by atoms with E-state index in [1.807, 2.05) is 18.2 Å². The summed E-state index contributed by atoms with van der Waals surface area (Å²) < 4.78 is 1.07. The normalized spacial score (nSPS) is 10.6. The van der Waals surface area contributed by atoms with Gasteiger partial charge in [0, 0.05) is 29.1 Å². The Kier molecular flexibility index (Phi) is 5.95. The number of benzene rings is 3. The van der Waals surface area contributed by atoms with E-state index in [2.05, 4.69) is 81.5 Å². The second-order valence-electron chi connectivity index (χ2n) is 5.73. The maximum atomic E-state index is 6.19. The molecule has 0 unspecified atom stereocenters. The molecule has 0 heterocycles. The van der Waals surface area contributed by atoms with Gasteiger partial charge < -0.3 is 4.90 Å². The maximum absolute atomic E-state index is 6.19. The highest BCUT2D eigenvalue weighted by Crippen LogP contribution is 2.29. The summed E-state index contributed by atoms with van der Waals surface area (Å²) in [7, 11) is 0. The molecular weight excluding hydrogens is 382 g/mol. The molecule has 3 aromatic rings. The molecular formula is C21H19BrClN. The predicted octanol–water partition coefficient (Wildman–Crippen LogP) is 6.39. The summed E-state index contributed by atoms with van der Waals surface area (Å²) in [4.78, 5) is 2.38. The van der Waals surface area contributed by atoms with Gasteiger partial charge in [-0.3, -0.25) is 0 Å². The summed E-state index contributed by atoms with van der Waals surface area (Å²) in [5, 5.41) is 0. The lowest BCUT2D eigenvalue weighted by atomic mass is 10.1. The van der Waals surface area contributed by atoms with Gasteiger partial charge in [-0.25, -0.2) is 0 Å². The van der Waals surface area contributed by atoms with Crippen molar-refractivity contribution in [2.75, 3.05) is 4.90 Å². The Morgan fingerprint density at radius 2 is 1.29 bits per heavy atom. The minimum absolute atomic E-state index is 0.503. The number of halogens is 2. The average Bonchev–Trinajstić information content (AvgIpc) is 2.63. The Hall–Kier alpha value is -1.77. The Morgan fingerprint density at radius 1 is 0.750 bits per heavy atom. The van der Waals surface area contributed by atoms with Crippen LogP contribution in [0.1, 0.15) is 16.7 Å². The van der Waals surface area contributed by atoms with Crippen LogP contribution in [-0.4, -0.2) is 0 Å². The van der Waals surface area contributed by atoms with Crippen molar-refractivity contribution in [3.05, 3.63) is 100 Å². The quantitative estimate of drug-likeness (QED) is 0.433. The van der Waals surface area contributed by atoms with Gasteiger partial charge in [-0.15, -0.1) is 11.6 Å². The fourth-order valence-corrected chi connectivity index (χ4v) is 3.35. The second kappa shape index (κ2) is 8.36. The van der Waals surface area contributed by atoms with Crippen molar-refractivity contribution in [1.82, 2.24) is 0 Å². The fourth-order valence-electron chi connectivity index (χ4n) is 2.78. The summed E-state index contributed by atoms with van der Waals surface area (Å²) in [6.07, 6.45) is 0. The Bertz CT molecular complexity index is 733. The molecule has 3 heteroatoms. The molecule has 0 aliphatic carbocycles. The standard InChI is InChI=1S/C21H19BrClN/c22-20-12-11-19(14-23)21(13-20)24(15-17-7-3-1-4-8-17)16-18-9-5-2-6-10-18/h1-13H,14-16H2. The largest absolute Gasteiger partial charge is 0.363 e. The van der Waals surface area contributed by atoms with Crippen molar-refractivity contribution >= 4 is 33.2 Å². The van der Waals surface area contributed by atoms with Crippen LogP contribution in [-0.2, 0) is 19.0 Å². The summed E-state index contributed by atoms with van der Waals surface area (Å²) in [6.45, 7) is 1.69. The van der Waals surface area contributed by atoms with Gasteiger partial charge in [0.15, 0.2) is 0 Å². The third-order valence-corrected chi connectivity index (χ3v) is 4.75. The molecule has 0 atom stereocenters. The van der Waals surface area contributed by atoms with E-state index in [1.54, 1.807) is 0 Å². The minimum atomic E-state index is 0.503. The van der Waals surface area contributed by atoms with E-state index >= 15 is 0 Å². The first kappa shape index (κ1) is 17.1. The van der Waals surface area contributed by atoms with E-state index < -0.39 is 0 Å². The van der Waals surface area contributed by atoms with Crippen LogP contribution in [0.4, 0.5) is 5.69 Å². The van der Waals surface area contributed by atoms with Gasteiger partial charge in [0.25, 0.3) is 0 Å². The van der Waals surface area contributed by atoms with Crippen LogP contribution in [0.25, 0.3) is 0 Å². The molecule has 3 rings (SSSR count). The average molecular weight is 401 g/mol. The topological polar surface area (TPSA) is 3.24 Å². The molecule has 0 spiro atoms. The van der Waals surface area contributed by atoms with Gasteiger partial charge in [-0.05, 0) is 28.8 Å². The zero-order chi connectivity index (χ0) is 16.8. The number of nitrogens with zero attached hydrogens (tertiary/aromatic N) is 1. The molecule has 0 aliphatic rings. The number of hydrogen-bond donors (Lipinski definition) is 0. The third kappa shape index (κ3) is 4.40. The number of anilines is 1. The van der Waals surface area contributed by atoms with Crippen molar-refractivity contribution in [1.29, 1.82) is 0 Å². The van der Waals surface area contributed by atoms with Gasteiger partial charge in [0.1, 0.15) is 0 Å². The Labute approximate surface area is 157 Å². The van der Waals surface area contributed by atoms with Gasteiger partial charge in [0.2, 0.25) is 0 Å². The predicted molar refractivity (Wildman–Crippen MR) is 106 cm³/mol. The first-order chi connectivity index (χ1) is 11.8. The van der Waals surface area contributed by atoms with E-state index in [0.717, 1.165) is 23.1 Å². The molecule has 1 nitrogen and oxygen atoms in total. The second-order valence-corrected chi connectivity index (χ2v) is 6.92. The minimum Gasteiger partial charge on any atom is -0.363 e.